The van der Waals surface area contributed by atoms with Gasteiger partial charge in [0.15, 0.2) is 0 Å². The average molecular weight is 381 g/mol. The molecule has 0 amide bonds. The Bertz CT molecular complexity index is 707. The van der Waals surface area contributed by atoms with Crippen LogP contribution < -0.4 is 15.0 Å². The van der Waals surface area contributed by atoms with Crippen LogP contribution in [0.3, 0.4) is 0 Å². The van der Waals surface area contributed by atoms with Gasteiger partial charge in [0.25, 0.3) is 0 Å². The predicted molar refractivity (Wildman–Crippen MR) is 103 cm³/mol. The minimum Gasteiger partial charge on any atom is -0.491 e. The van der Waals surface area contributed by atoms with Gasteiger partial charge in [-0.25, -0.2) is 0 Å². The molecule has 2 N–H and O–H groups in total. The number of benzene rings is 2. The topological polar surface area (TPSA) is 44.7 Å². The van der Waals surface area contributed by atoms with Gasteiger partial charge in [-0.05, 0) is 36.8 Å². The Morgan fingerprint density at radius 1 is 1.24 bits per heavy atom. The van der Waals surface area contributed by atoms with Gasteiger partial charge in [0, 0.05) is 30.7 Å². The Kier molecular flexibility index (Phi) is 6.07. The Labute approximate surface area is 158 Å². The van der Waals surface area contributed by atoms with Crippen LogP contribution in [0.5, 0.6) is 5.75 Å². The van der Waals surface area contributed by atoms with Crippen LogP contribution in [0.1, 0.15) is 18.5 Å². The average Bonchev–Trinajstić information content (AvgIpc) is 2.61. The number of nitrogens with zero attached hydrogens (tertiary/aromatic N) is 1. The number of nitrogens with one attached hydrogen (secondary N) is 1. The summed E-state index contributed by atoms with van der Waals surface area (Å²) in [6.07, 6.45) is -0.513. The van der Waals surface area contributed by atoms with Crippen LogP contribution in [0, 0.1) is 0 Å². The lowest BCUT2D eigenvalue weighted by Crippen LogP contribution is -2.46. The molecule has 0 saturated carbocycles. The van der Waals surface area contributed by atoms with Crippen molar-refractivity contribution in [2.45, 2.75) is 19.1 Å². The van der Waals surface area contributed by atoms with E-state index in [0.29, 0.717) is 10.8 Å². The van der Waals surface area contributed by atoms with Crippen LogP contribution in [0.25, 0.3) is 0 Å². The Hall–Kier alpha value is -1.46. The van der Waals surface area contributed by atoms with Gasteiger partial charge in [0.2, 0.25) is 0 Å². The zero-order chi connectivity index (χ0) is 17.8. The number of aliphatic hydroxyl groups is 1. The molecule has 134 valence electrons. The van der Waals surface area contributed by atoms with Crippen LogP contribution in [0.15, 0.2) is 42.5 Å². The summed E-state index contributed by atoms with van der Waals surface area (Å²) in [6.45, 7) is 4.55. The lowest BCUT2D eigenvalue weighted by atomic mass is 10.0. The lowest BCUT2D eigenvalue weighted by molar-refractivity contribution is 0.123. The predicted octanol–water partition coefficient (Wildman–Crippen LogP) is 3.90. The third-order valence-corrected chi connectivity index (χ3v) is 4.77. The van der Waals surface area contributed by atoms with Gasteiger partial charge < -0.3 is 20.1 Å². The second-order valence-electron chi connectivity index (χ2n) is 6.24. The van der Waals surface area contributed by atoms with Crippen molar-refractivity contribution in [2.75, 3.05) is 31.1 Å². The van der Waals surface area contributed by atoms with E-state index in [1.165, 1.54) is 5.56 Å². The molecule has 25 heavy (non-hydrogen) atoms. The highest BCUT2D eigenvalue weighted by molar-refractivity contribution is 6.33. The third-order valence-electron chi connectivity index (χ3n) is 4.22. The molecule has 1 heterocycles. The van der Waals surface area contributed by atoms with E-state index in [-0.39, 0.29) is 12.6 Å². The SMILES string of the molecule is C[C@H](O)COc1ccc(N2CCNC[C@H]2c2ccc(Cl)cc2)c(Cl)c1. The summed E-state index contributed by atoms with van der Waals surface area (Å²) in [4.78, 5) is 2.31. The highest BCUT2D eigenvalue weighted by atomic mass is 35.5. The molecular weight excluding hydrogens is 359 g/mol. The fraction of sp³-hybridized carbons (Fsp3) is 0.368. The van der Waals surface area contributed by atoms with Crippen molar-refractivity contribution < 1.29 is 9.84 Å². The van der Waals surface area contributed by atoms with Gasteiger partial charge >= 0.3 is 0 Å². The molecule has 1 fully saturated rings. The van der Waals surface area contributed by atoms with E-state index in [1.54, 1.807) is 13.0 Å². The minimum absolute atomic E-state index is 0.188. The summed E-state index contributed by atoms with van der Waals surface area (Å²) in [6, 6.07) is 13.8. The van der Waals surface area contributed by atoms with Crippen molar-refractivity contribution in [2.24, 2.45) is 0 Å². The van der Waals surface area contributed by atoms with E-state index in [0.717, 1.165) is 30.3 Å². The minimum atomic E-state index is -0.513. The molecule has 2 aromatic carbocycles. The number of aliphatic hydroxyl groups excluding tert-OH is 1. The van der Waals surface area contributed by atoms with E-state index in [1.807, 2.05) is 24.3 Å². The normalized spacial score (nSPS) is 18.9. The maximum atomic E-state index is 9.34. The zero-order valence-corrected chi connectivity index (χ0v) is 15.6. The summed E-state index contributed by atoms with van der Waals surface area (Å²) in [7, 11) is 0. The number of piperazine rings is 1. The molecule has 1 aliphatic heterocycles. The number of halogens is 2. The van der Waals surface area contributed by atoms with Crippen molar-refractivity contribution in [1.29, 1.82) is 0 Å². The Morgan fingerprint density at radius 3 is 2.68 bits per heavy atom. The van der Waals surface area contributed by atoms with Crippen LogP contribution in [-0.4, -0.2) is 37.5 Å². The second-order valence-corrected chi connectivity index (χ2v) is 7.08. The smallest absolute Gasteiger partial charge is 0.121 e. The van der Waals surface area contributed by atoms with Gasteiger partial charge in [-0.1, -0.05) is 35.3 Å². The highest BCUT2D eigenvalue weighted by Gasteiger charge is 2.25. The first-order chi connectivity index (χ1) is 12.0. The van der Waals surface area contributed by atoms with Crippen molar-refractivity contribution in [3.63, 3.8) is 0 Å². The van der Waals surface area contributed by atoms with E-state index in [9.17, 15) is 5.11 Å². The summed E-state index contributed by atoms with van der Waals surface area (Å²) < 4.78 is 5.54. The zero-order valence-electron chi connectivity index (χ0n) is 14.1. The monoisotopic (exact) mass is 380 g/mol. The standard InChI is InChI=1S/C19H22Cl2N2O2/c1-13(24)12-25-16-6-7-18(17(21)10-16)23-9-8-22-11-19(23)14-2-4-15(20)5-3-14/h2-7,10,13,19,22,24H,8-9,11-12H2,1H3/t13-,19-/m0/s1. The Balaban J connectivity index is 1.83. The molecule has 2 atom stereocenters. The van der Waals surface area contributed by atoms with E-state index < -0.39 is 6.10 Å². The molecule has 2 aromatic rings. The van der Waals surface area contributed by atoms with Gasteiger partial charge in [-0.3, -0.25) is 0 Å². The van der Waals surface area contributed by atoms with Crippen LogP contribution in [-0.2, 0) is 0 Å². The van der Waals surface area contributed by atoms with Crippen molar-refractivity contribution in [1.82, 2.24) is 5.32 Å². The van der Waals surface area contributed by atoms with Crippen LogP contribution >= 0.6 is 23.2 Å². The van der Waals surface area contributed by atoms with E-state index in [4.69, 9.17) is 27.9 Å². The van der Waals surface area contributed by atoms with Crippen molar-refractivity contribution >= 4 is 28.9 Å². The number of anilines is 1. The molecule has 3 rings (SSSR count). The third kappa shape index (κ3) is 4.59. The maximum absolute atomic E-state index is 9.34. The second kappa shape index (κ2) is 8.28. The van der Waals surface area contributed by atoms with Gasteiger partial charge in [-0.15, -0.1) is 0 Å². The molecule has 0 unspecified atom stereocenters. The maximum Gasteiger partial charge on any atom is 0.121 e. The number of rotatable bonds is 5. The first-order valence-corrected chi connectivity index (χ1v) is 9.13. The molecular formula is C19H22Cl2N2O2. The molecule has 0 aromatic heterocycles. The number of ether oxygens (including phenoxy) is 1. The number of hydrogen-bond donors (Lipinski definition) is 2. The van der Waals surface area contributed by atoms with Crippen molar-refractivity contribution in [3.05, 3.63) is 58.1 Å². The first-order valence-electron chi connectivity index (χ1n) is 8.38. The molecule has 0 aliphatic carbocycles. The molecule has 0 bridgehead atoms. The fourth-order valence-corrected chi connectivity index (χ4v) is 3.41. The van der Waals surface area contributed by atoms with E-state index >= 15 is 0 Å². The summed E-state index contributed by atoms with van der Waals surface area (Å²) in [5.41, 5.74) is 2.18. The van der Waals surface area contributed by atoms with Gasteiger partial charge in [0.1, 0.15) is 12.4 Å². The molecule has 0 radical (unpaired) electrons. The largest absolute Gasteiger partial charge is 0.491 e. The van der Waals surface area contributed by atoms with Gasteiger partial charge in [0.05, 0.1) is 22.9 Å². The van der Waals surface area contributed by atoms with E-state index in [2.05, 4.69) is 22.3 Å². The number of hydrogen-bond acceptors (Lipinski definition) is 4. The molecule has 1 aliphatic rings. The van der Waals surface area contributed by atoms with Crippen molar-refractivity contribution in [3.8, 4) is 5.75 Å². The fourth-order valence-electron chi connectivity index (χ4n) is 3.00. The summed E-state index contributed by atoms with van der Waals surface area (Å²) in [5.74, 6) is 0.660. The van der Waals surface area contributed by atoms with Crippen LogP contribution in [0.2, 0.25) is 10.0 Å². The first kappa shape index (κ1) is 18.3. The molecule has 1 saturated heterocycles. The summed E-state index contributed by atoms with van der Waals surface area (Å²) >= 11 is 12.5. The van der Waals surface area contributed by atoms with Crippen LogP contribution in [0.4, 0.5) is 5.69 Å². The lowest BCUT2D eigenvalue weighted by Gasteiger charge is -2.39. The molecule has 4 nitrogen and oxygen atoms in total. The van der Waals surface area contributed by atoms with Gasteiger partial charge in [-0.2, -0.15) is 0 Å². The molecule has 6 heteroatoms. The quantitative estimate of drug-likeness (QED) is 0.825. The Morgan fingerprint density at radius 2 is 2.00 bits per heavy atom. The summed E-state index contributed by atoms with van der Waals surface area (Å²) in [5, 5.41) is 14.2. The highest BCUT2D eigenvalue weighted by Crippen LogP contribution is 2.36. The molecule has 0 spiro atoms.